The van der Waals surface area contributed by atoms with Gasteiger partial charge in [0.1, 0.15) is 0 Å². The topological polar surface area (TPSA) is 38.8 Å². The van der Waals surface area contributed by atoms with Gasteiger partial charge in [0.25, 0.3) is 5.91 Å². The van der Waals surface area contributed by atoms with Crippen molar-refractivity contribution >= 4 is 5.91 Å². The Balaban J connectivity index is 1.90. The number of alkyl halides is 3. The van der Waals surface area contributed by atoms with Crippen LogP contribution in [0, 0.1) is 0 Å². The number of benzene rings is 2. The summed E-state index contributed by atoms with van der Waals surface area (Å²) in [6, 6.07) is 9.84. The number of fused-ring (bicyclic) bond motifs is 1. The van der Waals surface area contributed by atoms with Gasteiger partial charge in [0.05, 0.1) is 5.56 Å². The standard InChI is InChI=1S/C20H20F3NO3/c1-19(2,3)24(11-13-7-8-16-17(9-13)27-12-26-16)18(25)14-5-4-6-15(10-14)20(21,22)23/h4-10H,11-12H2,1-3H3. The highest BCUT2D eigenvalue weighted by Crippen LogP contribution is 2.34. The van der Waals surface area contributed by atoms with Crippen molar-refractivity contribution in [2.45, 2.75) is 39.0 Å². The van der Waals surface area contributed by atoms with E-state index in [1.807, 2.05) is 26.8 Å². The van der Waals surface area contributed by atoms with E-state index in [0.29, 0.717) is 11.5 Å². The van der Waals surface area contributed by atoms with Crippen LogP contribution in [-0.2, 0) is 12.7 Å². The summed E-state index contributed by atoms with van der Waals surface area (Å²) in [5.41, 5.74) is -0.637. The Morgan fingerprint density at radius 1 is 1.04 bits per heavy atom. The van der Waals surface area contributed by atoms with E-state index in [0.717, 1.165) is 17.7 Å². The Kier molecular flexibility index (Phi) is 4.80. The molecule has 0 fully saturated rings. The molecule has 1 heterocycles. The molecule has 0 aliphatic carbocycles. The number of rotatable bonds is 3. The second-order valence-corrected chi connectivity index (χ2v) is 7.33. The van der Waals surface area contributed by atoms with Gasteiger partial charge in [-0.3, -0.25) is 4.79 Å². The maximum absolute atomic E-state index is 13.0. The molecule has 0 bridgehead atoms. The zero-order valence-corrected chi connectivity index (χ0v) is 15.3. The Morgan fingerprint density at radius 2 is 1.74 bits per heavy atom. The molecular weight excluding hydrogens is 359 g/mol. The summed E-state index contributed by atoms with van der Waals surface area (Å²) in [6.07, 6.45) is -4.50. The normalized spacial score (nSPS) is 13.6. The summed E-state index contributed by atoms with van der Waals surface area (Å²) in [4.78, 5) is 14.6. The third kappa shape index (κ3) is 4.18. The number of carbonyl (C=O) groups is 1. The molecule has 1 amide bonds. The molecule has 0 N–H and O–H groups in total. The van der Waals surface area contributed by atoms with E-state index in [9.17, 15) is 18.0 Å². The fourth-order valence-corrected chi connectivity index (χ4v) is 2.82. The van der Waals surface area contributed by atoms with Gasteiger partial charge < -0.3 is 14.4 Å². The molecule has 0 radical (unpaired) electrons. The largest absolute Gasteiger partial charge is 0.454 e. The Morgan fingerprint density at radius 3 is 2.41 bits per heavy atom. The van der Waals surface area contributed by atoms with Gasteiger partial charge in [-0.1, -0.05) is 12.1 Å². The van der Waals surface area contributed by atoms with Gasteiger partial charge >= 0.3 is 6.18 Å². The summed E-state index contributed by atoms with van der Waals surface area (Å²) in [5.74, 6) is 0.754. The molecule has 0 saturated heterocycles. The molecule has 3 rings (SSSR count). The molecular formula is C20H20F3NO3. The van der Waals surface area contributed by atoms with Gasteiger partial charge in [0, 0.05) is 17.6 Å². The van der Waals surface area contributed by atoms with Crippen molar-refractivity contribution in [2.75, 3.05) is 6.79 Å². The first-order valence-electron chi connectivity index (χ1n) is 8.43. The zero-order chi connectivity index (χ0) is 19.8. The zero-order valence-electron chi connectivity index (χ0n) is 15.3. The fourth-order valence-electron chi connectivity index (χ4n) is 2.82. The van der Waals surface area contributed by atoms with E-state index in [1.165, 1.54) is 12.1 Å². The Hall–Kier alpha value is -2.70. The number of carbonyl (C=O) groups excluding carboxylic acids is 1. The minimum atomic E-state index is -4.50. The number of hydrogen-bond acceptors (Lipinski definition) is 3. The average Bonchev–Trinajstić information content (AvgIpc) is 3.05. The van der Waals surface area contributed by atoms with Crippen LogP contribution in [0.4, 0.5) is 13.2 Å². The molecule has 27 heavy (non-hydrogen) atoms. The van der Waals surface area contributed by atoms with Gasteiger partial charge in [0.2, 0.25) is 6.79 Å². The molecule has 0 saturated carbocycles. The number of nitrogens with zero attached hydrogens (tertiary/aromatic N) is 1. The number of amides is 1. The highest BCUT2D eigenvalue weighted by molar-refractivity contribution is 5.94. The second-order valence-electron chi connectivity index (χ2n) is 7.33. The molecule has 4 nitrogen and oxygen atoms in total. The summed E-state index contributed by atoms with van der Waals surface area (Å²) in [7, 11) is 0. The van der Waals surface area contributed by atoms with Crippen molar-refractivity contribution in [3.8, 4) is 11.5 Å². The van der Waals surface area contributed by atoms with Gasteiger partial charge in [-0.05, 0) is 56.7 Å². The van der Waals surface area contributed by atoms with Crippen molar-refractivity contribution in [2.24, 2.45) is 0 Å². The first-order valence-corrected chi connectivity index (χ1v) is 8.43. The smallest absolute Gasteiger partial charge is 0.416 e. The molecule has 7 heteroatoms. The molecule has 2 aromatic rings. The maximum atomic E-state index is 13.0. The maximum Gasteiger partial charge on any atom is 0.416 e. The van der Waals surface area contributed by atoms with E-state index >= 15 is 0 Å². The third-order valence-electron chi connectivity index (χ3n) is 4.27. The number of hydrogen-bond donors (Lipinski definition) is 0. The number of ether oxygens (including phenoxy) is 2. The van der Waals surface area contributed by atoms with Gasteiger partial charge in [0.15, 0.2) is 11.5 Å². The lowest BCUT2D eigenvalue weighted by Crippen LogP contribution is -2.45. The highest BCUT2D eigenvalue weighted by Gasteiger charge is 2.33. The lowest BCUT2D eigenvalue weighted by atomic mass is 10.0. The molecule has 0 aromatic heterocycles. The first-order chi connectivity index (χ1) is 12.6. The average molecular weight is 379 g/mol. The van der Waals surface area contributed by atoms with Crippen molar-refractivity contribution in [1.29, 1.82) is 0 Å². The van der Waals surface area contributed by atoms with Gasteiger partial charge in [-0.2, -0.15) is 13.2 Å². The minimum Gasteiger partial charge on any atom is -0.454 e. The van der Waals surface area contributed by atoms with E-state index in [4.69, 9.17) is 9.47 Å². The molecule has 1 aliphatic rings. The molecule has 0 spiro atoms. The Bertz CT molecular complexity index is 856. The van der Waals surface area contributed by atoms with Crippen LogP contribution in [0.15, 0.2) is 42.5 Å². The van der Waals surface area contributed by atoms with Crippen LogP contribution in [0.5, 0.6) is 11.5 Å². The molecule has 0 unspecified atom stereocenters. The monoisotopic (exact) mass is 379 g/mol. The van der Waals surface area contributed by atoms with Crippen molar-refractivity contribution < 1.29 is 27.4 Å². The van der Waals surface area contributed by atoms with Crippen LogP contribution in [-0.4, -0.2) is 23.1 Å². The first kappa shape index (κ1) is 19.1. The summed E-state index contributed by atoms with van der Waals surface area (Å²) in [5, 5.41) is 0. The Labute approximate surface area is 155 Å². The van der Waals surface area contributed by atoms with Crippen LogP contribution >= 0.6 is 0 Å². The second kappa shape index (κ2) is 6.79. The van der Waals surface area contributed by atoms with E-state index in [1.54, 1.807) is 17.0 Å². The molecule has 2 aromatic carbocycles. The minimum absolute atomic E-state index is 0.000457. The van der Waals surface area contributed by atoms with E-state index in [2.05, 4.69) is 0 Å². The van der Waals surface area contributed by atoms with E-state index in [-0.39, 0.29) is 18.9 Å². The van der Waals surface area contributed by atoms with E-state index < -0.39 is 23.2 Å². The number of halogens is 3. The SMILES string of the molecule is CC(C)(C)N(Cc1ccc2c(c1)OCO2)C(=O)c1cccc(C(F)(F)F)c1. The van der Waals surface area contributed by atoms with Crippen LogP contribution < -0.4 is 9.47 Å². The summed E-state index contributed by atoms with van der Waals surface area (Å²) in [6.45, 7) is 5.89. The molecule has 144 valence electrons. The van der Waals surface area contributed by atoms with Crippen LogP contribution in [0.2, 0.25) is 0 Å². The molecule has 1 aliphatic heterocycles. The van der Waals surface area contributed by atoms with Crippen LogP contribution in [0.1, 0.15) is 42.3 Å². The van der Waals surface area contributed by atoms with Crippen molar-refractivity contribution in [3.05, 3.63) is 59.2 Å². The molecule has 0 atom stereocenters. The summed E-state index contributed by atoms with van der Waals surface area (Å²) >= 11 is 0. The predicted molar refractivity (Wildman–Crippen MR) is 93.6 cm³/mol. The summed E-state index contributed by atoms with van der Waals surface area (Å²) < 4.78 is 49.6. The van der Waals surface area contributed by atoms with Crippen molar-refractivity contribution in [3.63, 3.8) is 0 Å². The van der Waals surface area contributed by atoms with Gasteiger partial charge in [-0.15, -0.1) is 0 Å². The van der Waals surface area contributed by atoms with Crippen molar-refractivity contribution in [1.82, 2.24) is 4.90 Å². The third-order valence-corrected chi connectivity index (χ3v) is 4.27. The van der Waals surface area contributed by atoms with Crippen LogP contribution in [0.25, 0.3) is 0 Å². The fraction of sp³-hybridized carbons (Fsp3) is 0.350. The van der Waals surface area contributed by atoms with Crippen LogP contribution in [0.3, 0.4) is 0 Å². The quantitative estimate of drug-likeness (QED) is 0.763. The van der Waals surface area contributed by atoms with Gasteiger partial charge in [-0.25, -0.2) is 0 Å². The lowest BCUT2D eigenvalue weighted by Gasteiger charge is -2.36. The highest BCUT2D eigenvalue weighted by atomic mass is 19.4. The lowest BCUT2D eigenvalue weighted by molar-refractivity contribution is -0.137. The predicted octanol–water partition coefficient (Wildman–Crippen LogP) is 4.88.